The van der Waals surface area contributed by atoms with Gasteiger partial charge in [-0.1, -0.05) is 45.0 Å². The van der Waals surface area contributed by atoms with Gasteiger partial charge in [0.25, 0.3) is 5.60 Å². The number of carbonyl (C=O) groups is 1. The van der Waals surface area contributed by atoms with E-state index in [0.29, 0.717) is 36.0 Å². The van der Waals surface area contributed by atoms with E-state index < -0.39 is 23.5 Å². The van der Waals surface area contributed by atoms with Gasteiger partial charge < -0.3 is 9.84 Å². The Morgan fingerprint density at radius 2 is 1.36 bits per heavy atom. The molecule has 4 fully saturated rings. The number of hydrogen-bond acceptors (Lipinski definition) is 3. The zero-order valence-corrected chi connectivity index (χ0v) is 23.7. The molecule has 4 aliphatic rings. The first-order valence-corrected chi connectivity index (χ1v) is 14.0. The van der Waals surface area contributed by atoms with Crippen LogP contribution in [0.4, 0.5) is 26.3 Å². The summed E-state index contributed by atoms with van der Waals surface area (Å²) in [7, 11) is 0. The van der Waals surface area contributed by atoms with Crippen LogP contribution in [0, 0.1) is 29.1 Å². The van der Waals surface area contributed by atoms with Crippen LogP contribution in [0.5, 0.6) is 0 Å². The number of benzene rings is 1. The van der Waals surface area contributed by atoms with Crippen molar-refractivity contribution >= 4 is 5.97 Å². The molecule has 1 aromatic rings. The quantitative estimate of drug-likeness (QED) is 0.278. The van der Waals surface area contributed by atoms with Gasteiger partial charge >= 0.3 is 18.3 Å². The highest BCUT2D eigenvalue weighted by atomic mass is 19.4. The minimum absolute atomic E-state index is 0.00826. The Morgan fingerprint density at radius 1 is 0.923 bits per heavy atom. The monoisotopic (exact) mass is 564 g/mol. The lowest BCUT2D eigenvalue weighted by molar-refractivity contribution is -0.376. The first-order valence-electron chi connectivity index (χ1n) is 14.0. The summed E-state index contributed by atoms with van der Waals surface area (Å²) in [6, 6.07) is 3.68. The maximum absolute atomic E-state index is 12.6. The van der Waals surface area contributed by atoms with Crippen LogP contribution in [-0.2, 0) is 15.1 Å². The van der Waals surface area contributed by atoms with E-state index in [-0.39, 0.29) is 22.9 Å². The van der Waals surface area contributed by atoms with Crippen molar-refractivity contribution in [3.63, 3.8) is 0 Å². The Kier molecular flexibility index (Phi) is 8.87. The number of alkyl halides is 6. The van der Waals surface area contributed by atoms with Gasteiger partial charge in [0.15, 0.2) is 0 Å². The van der Waals surface area contributed by atoms with E-state index in [9.17, 15) is 36.2 Å². The summed E-state index contributed by atoms with van der Waals surface area (Å²) in [5.41, 5.74) is -5.98. The van der Waals surface area contributed by atoms with Crippen LogP contribution in [0.1, 0.15) is 104 Å². The zero-order chi connectivity index (χ0) is 29.6. The molecule has 0 amide bonds. The minimum atomic E-state index is -5.84. The third-order valence-corrected chi connectivity index (χ3v) is 9.84. The Labute approximate surface area is 227 Å². The van der Waals surface area contributed by atoms with Crippen LogP contribution in [0.2, 0.25) is 0 Å². The van der Waals surface area contributed by atoms with Crippen molar-refractivity contribution in [3.05, 3.63) is 35.4 Å². The average Bonchev–Trinajstić information content (AvgIpc) is 2.85. The van der Waals surface area contributed by atoms with Gasteiger partial charge in [-0.15, -0.1) is 0 Å². The van der Waals surface area contributed by atoms with E-state index in [1.807, 2.05) is 20.8 Å². The normalized spacial score (nSPS) is 29.5. The van der Waals surface area contributed by atoms with Gasteiger partial charge in [0, 0.05) is 5.56 Å². The molecule has 4 saturated carbocycles. The summed E-state index contributed by atoms with van der Waals surface area (Å²) in [4.78, 5) is 12.5. The molecule has 1 atom stereocenters. The van der Waals surface area contributed by atoms with Gasteiger partial charge in [-0.3, -0.25) is 4.79 Å². The van der Waals surface area contributed by atoms with Crippen molar-refractivity contribution < 1.29 is 41.0 Å². The second kappa shape index (κ2) is 10.9. The molecule has 5 rings (SSSR count). The fraction of sp³-hybridized carbons (Fsp3) is 0.767. The fourth-order valence-corrected chi connectivity index (χ4v) is 6.55. The van der Waals surface area contributed by atoms with Gasteiger partial charge in [-0.25, -0.2) is 0 Å². The van der Waals surface area contributed by atoms with Gasteiger partial charge in [-0.2, -0.15) is 26.3 Å². The molecule has 0 saturated heterocycles. The summed E-state index contributed by atoms with van der Waals surface area (Å²) in [5.74, 6) is 3.13. The van der Waals surface area contributed by atoms with Crippen LogP contribution in [0.25, 0.3) is 0 Å². The number of rotatable bonds is 6. The number of hydrogen-bond donors (Lipinski definition) is 1. The van der Waals surface area contributed by atoms with Crippen LogP contribution in [0.3, 0.4) is 0 Å². The van der Waals surface area contributed by atoms with Gasteiger partial charge in [-0.05, 0) is 101 Å². The third-order valence-electron chi connectivity index (χ3n) is 9.84. The molecule has 1 N–H and O–H groups in total. The molecule has 0 aliphatic heterocycles. The Bertz CT molecular complexity index is 953. The molecule has 4 aliphatic carbocycles. The van der Waals surface area contributed by atoms with E-state index in [4.69, 9.17) is 4.74 Å². The van der Waals surface area contributed by atoms with Crippen LogP contribution in [-0.4, -0.2) is 29.0 Å². The molecule has 39 heavy (non-hydrogen) atoms. The SMILES string of the molecule is CCC(C)(C)C(=O)OC1(C)C2CC3CC(C2)CC1C3.CCC(C)c1ccc(C(O)(C(F)(F)F)C(F)(F)F)cc1. The number of esters is 1. The molecule has 0 radical (unpaired) electrons. The van der Waals surface area contributed by atoms with E-state index in [2.05, 4.69) is 13.8 Å². The molecular formula is C30H42F6O3. The third kappa shape index (κ3) is 5.98. The fourth-order valence-electron chi connectivity index (χ4n) is 6.55. The second-order valence-corrected chi connectivity index (χ2v) is 12.8. The van der Waals surface area contributed by atoms with E-state index in [1.165, 1.54) is 44.2 Å². The van der Waals surface area contributed by atoms with Crippen LogP contribution in [0.15, 0.2) is 24.3 Å². The summed E-state index contributed by atoms with van der Waals surface area (Å²) < 4.78 is 82.0. The van der Waals surface area contributed by atoms with E-state index >= 15 is 0 Å². The summed E-state index contributed by atoms with van der Waals surface area (Å²) in [6.45, 7) is 12.0. The first-order chi connectivity index (χ1) is 17.8. The van der Waals surface area contributed by atoms with Crippen molar-refractivity contribution in [1.82, 2.24) is 0 Å². The largest absolute Gasteiger partial charge is 0.458 e. The van der Waals surface area contributed by atoms with Gasteiger partial charge in [0.2, 0.25) is 0 Å². The second-order valence-electron chi connectivity index (χ2n) is 12.8. The number of halogens is 6. The van der Waals surface area contributed by atoms with Gasteiger partial charge in [0.1, 0.15) is 5.60 Å². The van der Waals surface area contributed by atoms with Crippen molar-refractivity contribution in [1.29, 1.82) is 0 Å². The molecular weight excluding hydrogens is 522 g/mol. The first kappa shape index (κ1) is 31.8. The Balaban J connectivity index is 0.000000216. The van der Waals surface area contributed by atoms with Crippen molar-refractivity contribution in [2.24, 2.45) is 29.1 Å². The van der Waals surface area contributed by atoms with Crippen LogP contribution >= 0.6 is 0 Å². The Hall–Kier alpha value is -1.77. The molecule has 1 unspecified atom stereocenters. The minimum Gasteiger partial charge on any atom is -0.458 e. The maximum Gasteiger partial charge on any atom is 0.430 e. The topological polar surface area (TPSA) is 46.5 Å². The predicted octanol–water partition coefficient (Wildman–Crippen LogP) is 8.69. The predicted molar refractivity (Wildman–Crippen MR) is 137 cm³/mol. The highest BCUT2D eigenvalue weighted by molar-refractivity contribution is 5.76. The maximum atomic E-state index is 12.6. The Morgan fingerprint density at radius 3 is 1.72 bits per heavy atom. The number of ether oxygens (including phenoxy) is 1. The molecule has 3 nitrogen and oxygen atoms in total. The lowest BCUT2D eigenvalue weighted by Gasteiger charge is -2.59. The van der Waals surface area contributed by atoms with E-state index in [0.717, 1.165) is 18.3 Å². The molecule has 9 heteroatoms. The molecule has 222 valence electrons. The van der Waals surface area contributed by atoms with Crippen molar-refractivity contribution in [2.75, 3.05) is 0 Å². The highest BCUT2D eigenvalue weighted by Crippen LogP contribution is 2.59. The van der Waals surface area contributed by atoms with Crippen LogP contribution < -0.4 is 0 Å². The van der Waals surface area contributed by atoms with Crippen molar-refractivity contribution in [2.45, 2.75) is 116 Å². The molecule has 0 aromatic heterocycles. The average molecular weight is 565 g/mol. The lowest BCUT2D eigenvalue weighted by Crippen LogP contribution is -2.58. The summed E-state index contributed by atoms with van der Waals surface area (Å²) >= 11 is 0. The molecule has 0 spiro atoms. The molecule has 1 aromatic carbocycles. The number of aliphatic hydroxyl groups is 1. The van der Waals surface area contributed by atoms with Gasteiger partial charge in [0.05, 0.1) is 5.41 Å². The number of carbonyl (C=O) groups excluding carboxylic acids is 1. The summed E-state index contributed by atoms with van der Waals surface area (Å²) in [5, 5.41) is 9.19. The van der Waals surface area contributed by atoms with E-state index in [1.54, 1.807) is 6.92 Å². The lowest BCUT2D eigenvalue weighted by atomic mass is 9.50. The highest BCUT2D eigenvalue weighted by Gasteiger charge is 2.71. The smallest absolute Gasteiger partial charge is 0.430 e. The molecule has 4 bridgehead atoms. The zero-order valence-electron chi connectivity index (χ0n) is 23.7. The standard InChI is InChI=1S/C17H28O2.C13H14F6O/c1-5-16(2,3)15(18)19-17(4)13-7-11-6-12(9-13)10-14(17)8-11;1-3-8(2)9-4-6-10(7-5-9)11(20,12(14,15)16)13(17,18)19/h11-14H,5-10H2,1-4H3;4-8,20H,3H2,1-2H3. The molecule has 0 heterocycles. The van der Waals surface area contributed by atoms with Crippen molar-refractivity contribution in [3.8, 4) is 0 Å². The summed E-state index contributed by atoms with van der Waals surface area (Å²) in [6.07, 6.45) is -3.52.